The van der Waals surface area contributed by atoms with E-state index in [1.807, 2.05) is 0 Å². The molecule has 0 unspecified atom stereocenters. The lowest BCUT2D eigenvalue weighted by atomic mass is 10.2. The van der Waals surface area contributed by atoms with Crippen LogP contribution in [0.25, 0.3) is 0 Å². The van der Waals surface area contributed by atoms with E-state index < -0.39 is 6.04 Å². The van der Waals surface area contributed by atoms with Crippen molar-refractivity contribution in [3.8, 4) is 0 Å². The van der Waals surface area contributed by atoms with Gasteiger partial charge in [0.05, 0.1) is 17.2 Å². The van der Waals surface area contributed by atoms with Gasteiger partial charge in [0.2, 0.25) is 5.91 Å². The second-order valence-electron chi connectivity index (χ2n) is 4.35. The summed E-state index contributed by atoms with van der Waals surface area (Å²) in [5.41, 5.74) is 0.832. The molecule has 0 spiro atoms. The van der Waals surface area contributed by atoms with Crippen molar-refractivity contribution in [3.05, 3.63) is 33.8 Å². The molecule has 1 aromatic rings. The largest absolute Gasteiger partial charge is 0.467 e. The van der Waals surface area contributed by atoms with Gasteiger partial charge in [-0.3, -0.25) is 4.79 Å². The monoisotopic (exact) mass is 301 g/mol. The van der Waals surface area contributed by atoms with Crippen molar-refractivity contribution in [2.24, 2.45) is 0 Å². The van der Waals surface area contributed by atoms with Crippen molar-refractivity contribution in [3.63, 3.8) is 0 Å². The lowest BCUT2D eigenvalue weighted by molar-refractivity contribution is -0.149. The van der Waals surface area contributed by atoms with E-state index in [4.69, 9.17) is 27.9 Å². The highest BCUT2D eigenvalue weighted by atomic mass is 35.5. The summed E-state index contributed by atoms with van der Waals surface area (Å²) in [6.07, 6.45) is 0.855. The highest BCUT2D eigenvalue weighted by Crippen LogP contribution is 2.26. The summed E-state index contributed by atoms with van der Waals surface area (Å²) in [5, 5.41) is 0.892. The van der Waals surface area contributed by atoms with E-state index >= 15 is 0 Å². The number of carbonyl (C=O) groups excluding carboxylic acids is 2. The molecule has 0 aromatic heterocycles. The normalized spacial score (nSPS) is 18.8. The molecule has 0 N–H and O–H groups in total. The van der Waals surface area contributed by atoms with E-state index in [9.17, 15) is 9.59 Å². The SMILES string of the molecule is COC(=O)[C@@H]1CCC(=O)N1Cc1ccc(Cl)c(Cl)c1. The molecule has 1 atom stereocenters. The van der Waals surface area contributed by atoms with Gasteiger partial charge >= 0.3 is 5.97 Å². The van der Waals surface area contributed by atoms with Crippen LogP contribution < -0.4 is 0 Å². The number of likely N-dealkylation sites (tertiary alicyclic amines) is 1. The molecule has 4 nitrogen and oxygen atoms in total. The molecule has 1 heterocycles. The lowest BCUT2D eigenvalue weighted by Gasteiger charge is -2.23. The minimum atomic E-state index is -0.507. The molecule has 0 aliphatic carbocycles. The first-order valence-electron chi connectivity index (χ1n) is 5.84. The molecule has 1 aliphatic rings. The number of hydrogen-bond acceptors (Lipinski definition) is 3. The van der Waals surface area contributed by atoms with Gasteiger partial charge in [0, 0.05) is 13.0 Å². The van der Waals surface area contributed by atoms with Gasteiger partial charge in [0.15, 0.2) is 0 Å². The van der Waals surface area contributed by atoms with E-state index in [-0.39, 0.29) is 11.9 Å². The predicted octanol–water partition coefficient (Wildman–Crippen LogP) is 2.66. The summed E-state index contributed by atoms with van der Waals surface area (Å²) in [5.74, 6) is -0.438. The van der Waals surface area contributed by atoms with Gasteiger partial charge in [0.1, 0.15) is 6.04 Å². The third-order valence-corrected chi connectivity index (χ3v) is 3.88. The Hall–Kier alpha value is -1.26. The molecule has 2 rings (SSSR count). The molecule has 0 radical (unpaired) electrons. The molecule has 19 heavy (non-hydrogen) atoms. The van der Waals surface area contributed by atoms with E-state index in [1.54, 1.807) is 18.2 Å². The Balaban J connectivity index is 2.17. The second-order valence-corrected chi connectivity index (χ2v) is 5.16. The van der Waals surface area contributed by atoms with Crippen LogP contribution in [0.3, 0.4) is 0 Å². The van der Waals surface area contributed by atoms with E-state index in [2.05, 4.69) is 0 Å². The van der Waals surface area contributed by atoms with Crippen LogP contribution in [-0.4, -0.2) is 29.9 Å². The molecular formula is C13H13Cl2NO3. The summed E-state index contributed by atoms with van der Waals surface area (Å²) in [6.45, 7) is 0.329. The first-order valence-corrected chi connectivity index (χ1v) is 6.59. The molecular weight excluding hydrogens is 289 g/mol. The quantitative estimate of drug-likeness (QED) is 0.806. The molecule has 1 saturated heterocycles. The van der Waals surface area contributed by atoms with Crippen LogP contribution in [0.2, 0.25) is 10.0 Å². The summed E-state index contributed by atoms with van der Waals surface area (Å²) in [4.78, 5) is 25.0. The Bertz CT molecular complexity index is 519. The van der Waals surface area contributed by atoms with Crippen LogP contribution in [0, 0.1) is 0 Å². The fourth-order valence-corrected chi connectivity index (χ4v) is 2.47. The zero-order valence-electron chi connectivity index (χ0n) is 10.4. The Morgan fingerprint density at radius 1 is 1.42 bits per heavy atom. The average molecular weight is 302 g/mol. The fourth-order valence-electron chi connectivity index (χ4n) is 2.15. The maximum atomic E-state index is 11.8. The van der Waals surface area contributed by atoms with Gasteiger partial charge in [-0.2, -0.15) is 0 Å². The number of rotatable bonds is 3. The molecule has 1 amide bonds. The minimum Gasteiger partial charge on any atom is -0.467 e. The van der Waals surface area contributed by atoms with Crippen LogP contribution in [0.15, 0.2) is 18.2 Å². The van der Waals surface area contributed by atoms with Gasteiger partial charge in [-0.25, -0.2) is 4.79 Å². The fraction of sp³-hybridized carbons (Fsp3) is 0.385. The molecule has 6 heteroatoms. The maximum Gasteiger partial charge on any atom is 0.328 e. The average Bonchev–Trinajstić information content (AvgIpc) is 2.75. The first-order chi connectivity index (χ1) is 9.02. The topological polar surface area (TPSA) is 46.6 Å². The number of amides is 1. The number of hydrogen-bond donors (Lipinski definition) is 0. The van der Waals surface area contributed by atoms with Crippen molar-refractivity contribution < 1.29 is 14.3 Å². The zero-order valence-corrected chi connectivity index (χ0v) is 11.9. The van der Waals surface area contributed by atoms with Gasteiger partial charge < -0.3 is 9.64 Å². The zero-order chi connectivity index (χ0) is 14.0. The Kier molecular flexibility index (Phi) is 4.32. The van der Waals surface area contributed by atoms with Gasteiger partial charge in [0.25, 0.3) is 0 Å². The summed E-state index contributed by atoms with van der Waals surface area (Å²) >= 11 is 11.8. The third-order valence-electron chi connectivity index (χ3n) is 3.14. The molecule has 0 saturated carbocycles. The number of nitrogens with zero attached hydrogens (tertiary/aromatic N) is 1. The van der Waals surface area contributed by atoms with Crippen molar-refractivity contribution in [2.75, 3.05) is 7.11 Å². The standard InChI is InChI=1S/C13H13Cl2NO3/c1-19-13(18)11-4-5-12(17)16(11)7-8-2-3-9(14)10(15)6-8/h2-3,6,11H,4-5,7H2,1H3/t11-/m0/s1. The van der Waals surface area contributed by atoms with Crippen LogP contribution in [0.5, 0.6) is 0 Å². The third kappa shape index (κ3) is 3.01. The van der Waals surface area contributed by atoms with E-state index in [0.29, 0.717) is 29.4 Å². The maximum absolute atomic E-state index is 11.8. The highest BCUT2D eigenvalue weighted by molar-refractivity contribution is 6.42. The number of ether oxygens (including phenoxy) is 1. The van der Waals surface area contributed by atoms with Crippen LogP contribution in [-0.2, 0) is 20.9 Å². The Morgan fingerprint density at radius 3 is 2.79 bits per heavy atom. The van der Waals surface area contributed by atoms with E-state index in [0.717, 1.165) is 5.56 Å². The van der Waals surface area contributed by atoms with E-state index in [1.165, 1.54) is 12.0 Å². The summed E-state index contributed by atoms with van der Waals surface area (Å²) in [6, 6.07) is 4.65. The predicted molar refractivity (Wildman–Crippen MR) is 72.1 cm³/mol. The Labute approximate surface area is 121 Å². The molecule has 1 aliphatic heterocycles. The van der Waals surface area contributed by atoms with Crippen LogP contribution >= 0.6 is 23.2 Å². The minimum absolute atomic E-state index is 0.0542. The molecule has 102 valence electrons. The molecule has 0 bridgehead atoms. The van der Waals surface area contributed by atoms with Gasteiger partial charge in [-0.15, -0.1) is 0 Å². The van der Waals surface area contributed by atoms with Crippen molar-refractivity contribution in [2.45, 2.75) is 25.4 Å². The number of carbonyl (C=O) groups is 2. The highest BCUT2D eigenvalue weighted by Gasteiger charge is 2.36. The number of esters is 1. The van der Waals surface area contributed by atoms with Crippen molar-refractivity contribution in [1.82, 2.24) is 4.90 Å². The number of methoxy groups -OCH3 is 1. The second kappa shape index (κ2) is 5.80. The molecule has 1 fully saturated rings. The smallest absolute Gasteiger partial charge is 0.328 e. The van der Waals surface area contributed by atoms with Crippen molar-refractivity contribution in [1.29, 1.82) is 0 Å². The van der Waals surface area contributed by atoms with Crippen molar-refractivity contribution >= 4 is 35.1 Å². The first kappa shape index (κ1) is 14.2. The Morgan fingerprint density at radius 2 is 2.16 bits per heavy atom. The lowest BCUT2D eigenvalue weighted by Crippen LogP contribution is -2.38. The number of halogens is 2. The number of benzene rings is 1. The van der Waals surface area contributed by atoms with Gasteiger partial charge in [-0.1, -0.05) is 29.3 Å². The molecule has 1 aromatic carbocycles. The van der Waals surface area contributed by atoms with Crippen LogP contribution in [0.4, 0.5) is 0 Å². The summed E-state index contributed by atoms with van der Waals surface area (Å²) in [7, 11) is 1.32. The summed E-state index contributed by atoms with van der Waals surface area (Å²) < 4.78 is 4.71. The van der Waals surface area contributed by atoms with Gasteiger partial charge in [-0.05, 0) is 24.1 Å². The van der Waals surface area contributed by atoms with Crippen LogP contribution in [0.1, 0.15) is 18.4 Å².